The van der Waals surface area contributed by atoms with Crippen molar-refractivity contribution in [3.05, 3.63) is 0 Å². The van der Waals surface area contributed by atoms with Crippen LogP contribution in [0.2, 0.25) is 0 Å². The molecule has 0 aliphatic carbocycles. The van der Waals surface area contributed by atoms with E-state index in [1.807, 2.05) is 0 Å². The van der Waals surface area contributed by atoms with Crippen LogP contribution in [0.3, 0.4) is 0 Å². The van der Waals surface area contributed by atoms with Gasteiger partial charge in [0.2, 0.25) is 0 Å². The van der Waals surface area contributed by atoms with E-state index in [0.29, 0.717) is 6.04 Å². The molecule has 0 aliphatic heterocycles. The number of hydrogen-bond acceptors (Lipinski definition) is 2. The Kier molecular flexibility index (Phi) is 6.39. The van der Waals surface area contributed by atoms with Gasteiger partial charge in [-0.05, 0) is 26.4 Å². The van der Waals surface area contributed by atoms with Crippen molar-refractivity contribution in [2.24, 2.45) is 11.7 Å². The van der Waals surface area contributed by atoms with E-state index in [-0.39, 0.29) is 0 Å². The fraction of sp³-hybridized carbons (Fsp3) is 1.00. The number of rotatable bonds is 6. The summed E-state index contributed by atoms with van der Waals surface area (Å²) in [5.41, 5.74) is 5.98. The average Bonchev–Trinajstić information content (AvgIpc) is 1.98. The highest BCUT2D eigenvalue weighted by molar-refractivity contribution is 4.68. The van der Waals surface area contributed by atoms with Crippen LogP contribution in [0, 0.1) is 5.92 Å². The van der Waals surface area contributed by atoms with Crippen LogP contribution in [0.15, 0.2) is 0 Å². The monoisotopic (exact) mass is 172 g/mol. The van der Waals surface area contributed by atoms with Crippen LogP contribution in [0.5, 0.6) is 0 Å². The van der Waals surface area contributed by atoms with E-state index in [2.05, 4.69) is 32.8 Å². The van der Waals surface area contributed by atoms with Crippen molar-refractivity contribution < 1.29 is 0 Å². The van der Waals surface area contributed by atoms with Gasteiger partial charge in [-0.1, -0.05) is 26.7 Å². The molecule has 0 aromatic rings. The van der Waals surface area contributed by atoms with E-state index in [1.54, 1.807) is 0 Å². The summed E-state index contributed by atoms with van der Waals surface area (Å²) in [5, 5.41) is 0. The van der Waals surface area contributed by atoms with Crippen LogP contribution in [0.1, 0.15) is 33.1 Å². The highest BCUT2D eigenvalue weighted by Gasteiger charge is 2.10. The fourth-order valence-corrected chi connectivity index (χ4v) is 1.59. The standard InChI is InChI=1S/C10H24N2/c1-5-9(6-2)7-10(11)8-12(3)4/h9-10H,5-8,11H2,1-4H3. The first-order valence-electron chi connectivity index (χ1n) is 5.00. The van der Waals surface area contributed by atoms with E-state index in [4.69, 9.17) is 5.73 Å². The lowest BCUT2D eigenvalue weighted by Gasteiger charge is -2.21. The number of hydrogen-bond donors (Lipinski definition) is 1. The van der Waals surface area contributed by atoms with Crippen molar-refractivity contribution in [2.75, 3.05) is 20.6 Å². The third kappa shape index (κ3) is 5.56. The SMILES string of the molecule is CCC(CC)CC(N)CN(C)C. The van der Waals surface area contributed by atoms with Crippen molar-refractivity contribution in [3.63, 3.8) is 0 Å². The summed E-state index contributed by atoms with van der Waals surface area (Å²) in [6, 6.07) is 0.352. The van der Waals surface area contributed by atoms with Gasteiger partial charge in [0.15, 0.2) is 0 Å². The minimum Gasteiger partial charge on any atom is -0.327 e. The Bertz CT molecular complexity index is 98.0. The van der Waals surface area contributed by atoms with Crippen LogP contribution in [0.4, 0.5) is 0 Å². The van der Waals surface area contributed by atoms with Gasteiger partial charge in [0, 0.05) is 12.6 Å². The zero-order valence-corrected chi connectivity index (χ0v) is 9.01. The molecule has 0 fully saturated rings. The van der Waals surface area contributed by atoms with Gasteiger partial charge in [-0.15, -0.1) is 0 Å². The quantitative estimate of drug-likeness (QED) is 0.661. The molecule has 2 N–H and O–H groups in total. The molecule has 0 rings (SSSR count). The predicted molar refractivity (Wildman–Crippen MR) is 55.2 cm³/mol. The van der Waals surface area contributed by atoms with Gasteiger partial charge in [0.1, 0.15) is 0 Å². The molecular weight excluding hydrogens is 148 g/mol. The minimum absolute atomic E-state index is 0.352. The summed E-state index contributed by atoms with van der Waals surface area (Å²) in [7, 11) is 4.15. The molecule has 0 amide bonds. The molecule has 12 heavy (non-hydrogen) atoms. The number of likely N-dealkylation sites (N-methyl/N-ethyl adjacent to an activating group) is 1. The molecule has 0 heterocycles. The van der Waals surface area contributed by atoms with Crippen molar-refractivity contribution >= 4 is 0 Å². The molecular formula is C10H24N2. The number of nitrogens with two attached hydrogens (primary N) is 1. The fourth-order valence-electron chi connectivity index (χ4n) is 1.59. The van der Waals surface area contributed by atoms with Gasteiger partial charge >= 0.3 is 0 Å². The molecule has 1 atom stereocenters. The zero-order valence-electron chi connectivity index (χ0n) is 9.01. The highest BCUT2D eigenvalue weighted by Crippen LogP contribution is 2.13. The first-order chi connectivity index (χ1) is 5.60. The van der Waals surface area contributed by atoms with Crippen molar-refractivity contribution in [1.82, 2.24) is 4.90 Å². The summed E-state index contributed by atoms with van der Waals surface area (Å²) >= 11 is 0. The normalized spacial score (nSPS) is 14.2. The number of nitrogens with zero attached hydrogens (tertiary/aromatic N) is 1. The van der Waals surface area contributed by atoms with Crippen LogP contribution < -0.4 is 5.73 Å². The Morgan fingerprint density at radius 1 is 1.17 bits per heavy atom. The van der Waals surface area contributed by atoms with Crippen LogP contribution in [-0.4, -0.2) is 31.6 Å². The van der Waals surface area contributed by atoms with Crippen molar-refractivity contribution in [1.29, 1.82) is 0 Å². The third-order valence-corrected chi connectivity index (χ3v) is 2.39. The first kappa shape index (κ1) is 11.9. The topological polar surface area (TPSA) is 29.3 Å². The van der Waals surface area contributed by atoms with Gasteiger partial charge < -0.3 is 10.6 Å². The van der Waals surface area contributed by atoms with Gasteiger partial charge in [-0.3, -0.25) is 0 Å². The molecule has 0 aromatic carbocycles. The minimum atomic E-state index is 0.352. The molecule has 0 bridgehead atoms. The van der Waals surface area contributed by atoms with Crippen LogP contribution >= 0.6 is 0 Å². The van der Waals surface area contributed by atoms with E-state index in [1.165, 1.54) is 19.3 Å². The largest absolute Gasteiger partial charge is 0.327 e. The Morgan fingerprint density at radius 2 is 1.67 bits per heavy atom. The second-order valence-electron chi connectivity index (χ2n) is 3.94. The van der Waals surface area contributed by atoms with Crippen LogP contribution in [-0.2, 0) is 0 Å². The predicted octanol–water partition coefficient (Wildman–Crippen LogP) is 1.70. The molecule has 0 saturated heterocycles. The smallest absolute Gasteiger partial charge is 0.0170 e. The summed E-state index contributed by atoms with van der Waals surface area (Å²) < 4.78 is 0. The summed E-state index contributed by atoms with van der Waals surface area (Å²) in [6.45, 7) is 5.50. The Balaban J connectivity index is 3.58. The summed E-state index contributed by atoms with van der Waals surface area (Å²) in [4.78, 5) is 2.16. The molecule has 0 spiro atoms. The van der Waals surface area contributed by atoms with E-state index in [0.717, 1.165) is 12.5 Å². The van der Waals surface area contributed by atoms with Crippen molar-refractivity contribution in [2.45, 2.75) is 39.2 Å². The lowest BCUT2D eigenvalue weighted by atomic mass is 9.95. The Morgan fingerprint density at radius 3 is 2.00 bits per heavy atom. The van der Waals surface area contributed by atoms with Gasteiger partial charge in [0.25, 0.3) is 0 Å². The second kappa shape index (κ2) is 6.44. The molecule has 0 saturated carbocycles. The van der Waals surface area contributed by atoms with Gasteiger partial charge in [0.05, 0.1) is 0 Å². The zero-order chi connectivity index (χ0) is 9.56. The molecule has 0 aromatic heterocycles. The molecule has 0 aliphatic rings. The molecule has 74 valence electrons. The lowest BCUT2D eigenvalue weighted by Crippen LogP contribution is -2.34. The van der Waals surface area contributed by atoms with Crippen LogP contribution in [0.25, 0.3) is 0 Å². The van der Waals surface area contributed by atoms with Gasteiger partial charge in [-0.25, -0.2) is 0 Å². The average molecular weight is 172 g/mol. The maximum atomic E-state index is 5.98. The Labute approximate surface area is 77.1 Å². The second-order valence-corrected chi connectivity index (χ2v) is 3.94. The molecule has 0 radical (unpaired) electrons. The lowest BCUT2D eigenvalue weighted by molar-refractivity contribution is 0.323. The third-order valence-electron chi connectivity index (χ3n) is 2.39. The molecule has 1 unspecified atom stereocenters. The molecule has 2 nitrogen and oxygen atoms in total. The van der Waals surface area contributed by atoms with E-state index in [9.17, 15) is 0 Å². The van der Waals surface area contributed by atoms with Crippen molar-refractivity contribution in [3.8, 4) is 0 Å². The van der Waals surface area contributed by atoms with Gasteiger partial charge in [-0.2, -0.15) is 0 Å². The highest BCUT2D eigenvalue weighted by atomic mass is 15.1. The maximum Gasteiger partial charge on any atom is 0.0170 e. The first-order valence-corrected chi connectivity index (χ1v) is 5.00. The molecule has 2 heteroatoms. The van der Waals surface area contributed by atoms with E-state index < -0.39 is 0 Å². The summed E-state index contributed by atoms with van der Waals surface area (Å²) in [6.07, 6.45) is 3.69. The Hall–Kier alpha value is -0.0800. The summed E-state index contributed by atoms with van der Waals surface area (Å²) in [5.74, 6) is 0.819. The van der Waals surface area contributed by atoms with E-state index >= 15 is 0 Å². The maximum absolute atomic E-state index is 5.98.